The predicted octanol–water partition coefficient (Wildman–Crippen LogP) is 0.891. The number of rotatable bonds is 8. The molecule has 0 saturated heterocycles. The van der Waals surface area contributed by atoms with Crippen molar-refractivity contribution in [1.29, 1.82) is 0 Å². The Bertz CT molecular complexity index is 555. The second-order valence-corrected chi connectivity index (χ2v) is 5.71. The van der Waals surface area contributed by atoms with E-state index in [9.17, 15) is 14.4 Å². The van der Waals surface area contributed by atoms with Gasteiger partial charge in [-0.15, -0.1) is 0 Å². The van der Waals surface area contributed by atoms with E-state index in [1.54, 1.807) is 12.1 Å². The highest BCUT2D eigenvalue weighted by atomic mass is 16.4. The van der Waals surface area contributed by atoms with Gasteiger partial charge in [-0.1, -0.05) is 26.0 Å². The van der Waals surface area contributed by atoms with E-state index in [0.717, 1.165) is 5.56 Å². The molecule has 7 heteroatoms. The van der Waals surface area contributed by atoms with Gasteiger partial charge in [-0.05, 0) is 23.6 Å². The summed E-state index contributed by atoms with van der Waals surface area (Å²) in [6.07, 6.45) is -0.506. The quantitative estimate of drug-likeness (QED) is 0.418. The molecule has 0 unspecified atom stereocenters. The summed E-state index contributed by atoms with van der Waals surface area (Å²) in [7, 11) is 0. The van der Waals surface area contributed by atoms with Crippen molar-refractivity contribution in [3.63, 3.8) is 0 Å². The van der Waals surface area contributed by atoms with Crippen molar-refractivity contribution in [1.82, 2.24) is 10.6 Å². The molecule has 2 amide bonds. The van der Waals surface area contributed by atoms with Crippen LogP contribution in [0.5, 0.6) is 0 Å². The van der Waals surface area contributed by atoms with Crippen molar-refractivity contribution in [3.05, 3.63) is 29.8 Å². The van der Waals surface area contributed by atoms with Crippen LogP contribution in [0.2, 0.25) is 0 Å². The molecule has 126 valence electrons. The molecule has 0 bridgehead atoms. The molecule has 7 nitrogen and oxygen atoms in total. The van der Waals surface area contributed by atoms with Crippen LogP contribution >= 0.6 is 0 Å². The van der Waals surface area contributed by atoms with E-state index >= 15 is 0 Å². The average Bonchev–Trinajstić information content (AvgIpc) is 2.45. The van der Waals surface area contributed by atoms with Gasteiger partial charge in [0.05, 0.1) is 0 Å². The lowest BCUT2D eigenvalue weighted by molar-refractivity contribution is -0.140. The number of benzene rings is 1. The Hall–Kier alpha value is -2.57. The zero-order valence-electron chi connectivity index (χ0n) is 13.3. The van der Waals surface area contributed by atoms with Crippen molar-refractivity contribution in [2.24, 2.45) is 5.92 Å². The fourth-order valence-electron chi connectivity index (χ4n) is 1.96. The Balaban J connectivity index is 2.48. The smallest absolute Gasteiger partial charge is 0.312 e. The number of carboxylic acid groups (broad SMARTS) is 1. The maximum atomic E-state index is 12.0. The number of nitrogens with one attached hydrogen (secondary N) is 2. The number of nitrogen functional groups attached to an aromatic ring is 1. The lowest BCUT2D eigenvalue weighted by Gasteiger charge is -2.21. The number of hydrogen-bond donors (Lipinski definition) is 4. The first kappa shape index (κ1) is 18.5. The molecule has 0 fully saturated rings. The monoisotopic (exact) mass is 321 g/mol. The van der Waals surface area contributed by atoms with Crippen molar-refractivity contribution in [3.8, 4) is 0 Å². The lowest BCUT2D eigenvalue weighted by Crippen LogP contribution is -2.42. The summed E-state index contributed by atoms with van der Waals surface area (Å²) in [5.41, 5.74) is 7.17. The van der Waals surface area contributed by atoms with E-state index in [2.05, 4.69) is 10.6 Å². The van der Waals surface area contributed by atoms with E-state index in [0.29, 0.717) is 12.2 Å². The van der Waals surface area contributed by atoms with Gasteiger partial charge in [0, 0.05) is 24.7 Å². The largest absolute Gasteiger partial charge is 0.481 e. The van der Waals surface area contributed by atoms with Gasteiger partial charge in [0.2, 0.25) is 11.8 Å². The number of carbonyl (C=O) groups is 3. The summed E-state index contributed by atoms with van der Waals surface area (Å²) in [5, 5.41) is 14.0. The van der Waals surface area contributed by atoms with Gasteiger partial charge in [0.15, 0.2) is 0 Å². The lowest BCUT2D eigenvalue weighted by atomic mass is 10.00. The maximum absolute atomic E-state index is 12.0. The topological polar surface area (TPSA) is 122 Å². The molecule has 0 aromatic heterocycles. The second-order valence-electron chi connectivity index (χ2n) is 5.71. The molecule has 1 aromatic carbocycles. The zero-order chi connectivity index (χ0) is 17.4. The Morgan fingerprint density at radius 1 is 1.13 bits per heavy atom. The van der Waals surface area contributed by atoms with Crippen molar-refractivity contribution in [2.45, 2.75) is 39.3 Å². The standard InChI is InChI=1S/C16H23N3O4/c1-10(2)13(19-15(21)8-16(22)23)7-14(20)18-9-11-3-5-12(17)6-4-11/h3-6,10,13H,7-9,17H2,1-2H3,(H,18,20)(H,19,21)(H,22,23)/t13-/m0/s1. The first-order valence-electron chi connectivity index (χ1n) is 7.40. The van der Waals surface area contributed by atoms with E-state index in [1.165, 1.54) is 0 Å². The number of nitrogens with two attached hydrogens (primary N) is 1. The highest BCUT2D eigenvalue weighted by Crippen LogP contribution is 2.08. The first-order chi connectivity index (χ1) is 10.8. The molecule has 5 N–H and O–H groups in total. The maximum Gasteiger partial charge on any atom is 0.312 e. The molecule has 1 aromatic rings. The fourth-order valence-corrected chi connectivity index (χ4v) is 1.96. The van der Waals surface area contributed by atoms with Gasteiger partial charge in [0.25, 0.3) is 0 Å². The molecule has 0 aliphatic rings. The van der Waals surface area contributed by atoms with Gasteiger partial charge >= 0.3 is 5.97 Å². The molecule has 1 rings (SSSR count). The highest BCUT2D eigenvalue weighted by molar-refractivity contribution is 5.93. The summed E-state index contributed by atoms with van der Waals surface area (Å²) in [6, 6.07) is 6.75. The van der Waals surface area contributed by atoms with Crippen LogP contribution < -0.4 is 16.4 Å². The SMILES string of the molecule is CC(C)[C@H](CC(=O)NCc1ccc(N)cc1)NC(=O)CC(=O)O. The highest BCUT2D eigenvalue weighted by Gasteiger charge is 2.20. The van der Waals surface area contributed by atoms with E-state index in [1.807, 2.05) is 26.0 Å². The van der Waals surface area contributed by atoms with Crippen LogP contribution in [0.15, 0.2) is 24.3 Å². The summed E-state index contributed by atoms with van der Waals surface area (Å²) in [6.45, 7) is 4.09. The second kappa shape index (κ2) is 8.77. The van der Waals surface area contributed by atoms with Crippen LogP contribution in [0, 0.1) is 5.92 Å². The molecule has 0 heterocycles. The molecule has 1 atom stereocenters. The van der Waals surface area contributed by atoms with Gasteiger partial charge in [0.1, 0.15) is 6.42 Å². The molecule has 0 saturated carbocycles. The zero-order valence-corrected chi connectivity index (χ0v) is 13.3. The van der Waals surface area contributed by atoms with Crippen LogP contribution in [-0.2, 0) is 20.9 Å². The Morgan fingerprint density at radius 2 is 1.74 bits per heavy atom. The number of carboxylic acids is 1. The fraction of sp³-hybridized carbons (Fsp3) is 0.438. The van der Waals surface area contributed by atoms with Gasteiger partial charge in [-0.3, -0.25) is 14.4 Å². The molecule has 23 heavy (non-hydrogen) atoms. The van der Waals surface area contributed by atoms with Crippen molar-refractivity contribution < 1.29 is 19.5 Å². The van der Waals surface area contributed by atoms with Gasteiger partial charge in [-0.25, -0.2) is 0 Å². The van der Waals surface area contributed by atoms with E-state index in [4.69, 9.17) is 10.8 Å². The van der Waals surface area contributed by atoms with Crippen molar-refractivity contribution in [2.75, 3.05) is 5.73 Å². The van der Waals surface area contributed by atoms with E-state index < -0.39 is 24.3 Å². The van der Waals surface area contributed by atoms with Crippen molar-refractivity contribution >= 4 is 23.5 Å². The summed E-state index contributed by atoms with van der Waals surface area (Å²) >= 11 is 0. The average molecular weight is 321 g/mol. The molecule has 0 spiro atoms. The van der Waals surface area contributed by atoms with Crippen LogP contribution in [-0.4, -0.2) is 28.9 Å². The number of anilines is 1. The Labute approximate surface area is 135 Å². The van der Waals surface area contributed by atoms with E-state index in [-0.39, 0.29) is 18.2 Å². The summed E-state index contributed by atoms with van der Waals surface area (Å²) in [4.78, 5) is 34.0. The number of amides is 2. The number of hydrogen-bond acceptors (Lipinski definition) is 4. The van der Waals surface area contributed by atoms with Crippen LogP contribution in [0.1, 0.15) is 32.3 Å². The normalized spacial score (nSPS) is 11.8. The minimum Gasteiger partial charge on any atom is -0.481 e. The summed E-state index contributed by atoms with van der Waals surface area (Å²) < 4.78 is 0. The Morgan fingerprint density at radius 3 is 2.26 bits per heavy atom. The number of aliphatic carboxylic acids is 1. The van der Waals surface area contributed by atoms with Gasteiger partial charge in [-0.2, -0.15) is 0 Å². The third kappa shape index (κ3) is 7.30. The van der Waals surface area contributed by atoms with Crippen LogP contribution in [0.25, 0.3) is 0 Å². The number of carbonyl (C=O) groups excluding carboxylic acids is 2. The molecule has 0 radical (unpaired) electrons. The Kier molecular flexibility index (Phi) is 7.05. The molecule has 0 aliphatic carbocycles. The van der Waals surface area contributed by atoms with Crippen LogP contribution in [0.3, 0.4) is 0 Å². The van der Waals surface area contributed by atoms with Crippen LogP contribution in [0.4, 0.5) is 5.69 Å². The minimum atomic E-state index is -1.20. The third-order valence-corrected chi connectivity index (χ3v) is 3.34. The molecule has 0 aliphatic heterocycles. The first-order valence-corrected chi connectivity index (χ1v) is 7.40. The third-order valence-electron chi connectivity index (χ3n) is 3.34. The molecular weight excluding hydrogens is 298 g/mol. The van der Waals surface area contributed by atoms with Gasteiger partial charge < -0.3 is 21.5 Å². The minimum absolute atomic E-state index is 0.00928. The predicted molar refractivity (Wildman–Crippen MR) is 86.3 cm³/mol. The molecular formula is C16H23N3O4. The summed E-state index contributed by atoms with van der Waals surface area (Å²) in [5.74, 6) is -1.99.